The molecule has 21 nitrogen and oxygen atoms in total. The minimum absolute atomic E-state index is 0.344. The molecule has 0 aliphatic carbocycles. The fraction of sp³-hybridized carbons (Fsp3) is 1.00. The van der Waals surface area contributed by atoms with Gasteiger partial charge < -0.3 is 21.6 Å². The summed E-state index contributed by atoms with van der Waals surface area (Å²) in [5, 5.41) is 8.07. The maximum Gasteiger partial charge on any atom is 0.480 e. The van der Waals surface area contributed by atoms with Gasteiger partial charge in [0.15, 0.2) is 80.2 Å². The van der Waals surface area contributed by atoms with Gasteiger partial charge in [-0.1, -0.05) is 132 Å². The summed E-state index contributed by atoms with van der Waals surface area (Å²) in [6.07, 6.45) is 18.7. The number of unbranched alkanes of at least 4 members (excludes halogenated alkanes) is 10. The van der Waals surface area contributed by atoms with Gasteiger partial charge in [0, 0.05) is 6.61 Å². The Bertz CT molecular complexity index is 2180. The number of sulfonamides is 8. The first-order chi connectivity index (χ1) is 36.0. The molecule has 0 rings (SSSR count). The van der Waals surface area contributed by atoms with E-state index in [-0.39, 0.29) is 0 Å². The lowest BCUT2D eigenvalue weighted by Crippen LogP contribution is -2.30. The monoisotopic (exact) mass is 1450 g/mol. The molecule has 0 aliphatic rings. The molecule has 53 heteroatoms. The van der Waals surface area contributed by atoms with E-state index < -0.39 is 124 Å². The second kappa shape index (κ2) is 38.9. The van der Waals surface area contributed by atoms with E-state index >= 15 is 0 Å². The topological polar surface area (TPSA) is 350 Å². The summed E-state index contributed by atoms with van der Waals surface area (Å²) in [6, 6.07) is 0. The quantitative estimate of drug-likeness (QED) is 0.0927. The Balaban J connectivity index is -0.000000134. The first-order valence-electron chi connectivity index (χ1n) is 21.1. The van der Waals surface area contributed by atoms with Crippen molar-refractivity contribution >= 4 is 80.2 Å². The van der Waals surface area contributed by atoms with Crippen LogP contribution in [0.1, 0.15) is 138 Å². The highest BCUT2D eigenvalue weighted by molar-refractivity contribution is 8.14. The molecule has 0 atom stereocenters. The standard InChI is InChI=1S/C8H18.C6H14.C4H10O.C4H10.4C2F6NO4S2/c1-3-5-7-8-6-4-2;1-3-5-6-4-2;1-2-3-4-5;1-3-4-2;4*3-1(4,5)14(10,11)9-15(12,13)2(6,7)8/h3-8H2,1-2H3;3-6H2,1-2H3;5H,2-4H2,1H3;3-4H2,1-2H3;;;;/q;;;;4*-1. The maximum absolute atomic E-state index is 11.4. The molecule has 1 N–H and O–H groups in total. The second-order valence-corrected chi connectivity index (χ2v) is 27.6. The fourth-order valence-corrected chi connectivity index (χ4v) is 9.20. The van der Waals surface area contributed by atoms with Crippen molar-refractivity contribution in [2.75, 3.05) is 6.61 Å². The van der Waals surface area contributed by atoms with E-state index in [1.165, 1.54) is 77.0 Å². The summed E-state index contributed by atoms with van der Waals surface area (Å²) in [5.41, 5.74) is -49.6. The van der Waals surface area contributed by atoms with Gasteiger partial charge in [-0.3, -0.25) is 0 Å². The van der Waals surface area contributed by atoms with Crippen molar-refractivity contribution in [3.8, 4) is 0 Å². The Labute approximate surface area is 461 Å². The van der Waals surface area contributed by atoms with E-state index in [0.29, 0.717) is 6.61 Å². The molecule has 0 heterocycles. The Hall–Kier alpha value is -2.28. The largest absolute Gasteiger partial charge is 0.480 e. The van der Waals surface area contributed by atoms with Crippen LogP contribution in [-0.2, 0) is 80.2 Å². The Morgan fingerprint density at radius 1 is 0.217 bits per heavy atom. The molecule has 0 radical (unpaired) electrons. The number of nitrogens with zero attached hydrogens (tertiary/aromatic N) is 4. The highest BCUT2D eigenvalue weighted by Crippen LogP contribution is 2.40. The van der Waals surface area contributed by atoms with Crippen LogP contribution in [-0.4, -0.2) is 123 Å². The van der Waals surface area contributed by atoms with E-state index in [4.69, 9.17) is 5.11 Å². The number of aliphatic hydroxyl groups excluding tert-OH is 1. The van der Waals surface area contributed by atoms with Crippen LogP contribution in [0.2, 0.25) is 0 Å². The van der Waals surface area contributed by atoms with Crippen LogP contribution in [0.3, 0.4) is 0 Å². The van der Waals surface area contributed by atoms with E-state index in [1.54, 1.807) is 0 Å². The maximum atomic E-state index is 11.4. The normalized spacial score (nSPS) is 13.5. The molecule has 0 saturated carbocycles. The number of hydrogen-bond acceptors (Lipinski definition) is 17. The van der Waals surface area contributed by atoms with Gasteiger partial charge in [0.05, 0.1) is 0 Å². The molecule has 0 aliphatic heterocycles. The van der Waals surface area contributed by atoms with Crippen LogP contribution in [0.25, 0.3) is 16.5 Å². The van der Waals surface area contributed by atoms with Gasteiger partial charge >= 0.3 is 44.1 Å². The smallest absolute Gasteiger partial charge is 0.421 e. The molecular weight excluding hydrogens is 1400 g/mol. The molecule has 0 saturated heterocycles. The van der Waals surface area contributed by atoms with Crippen LogP contribution in [0.5, 0.6) is 0 Å². The zero-order chi connectivity index (χ0) is 69.4. The predicted molar refractivity (Wildman–Crippen MR) is 245 cm³/mol. The number of alkyl halides is 24. The van der Waals surface area contributed by atoms with Crippen molar-refractivity contribution in [1.29, 1.82) is 0 Å². The van der Waals surface area contributed by atoms with Crippen molar-refractivity contribution in [3.05, 3.63) is 16.5 Å². The summed E-state index contributed by atoms with van der Waals surface area (Å²) in [5.74, 6) is 0. The third kappa shape index (κ3) is 43.9. The van der Waals surface area contributed by atoms with Crippen molar-refractivity contribution < 1.29 is 178 Å². The number of hydrogen-bond donors (Lipinski definition) is 1. The van der Waals surface area contributed by atoms with Gasteiger partial charge in [0.25, 0.3) is 0 Å². The van der Waals surface area contributed by atoms with Crippen molar-refractivity contribution in [2.45, 2.75) is 182 Å². The highest BCUT2D eigenvalue weighted by atomic mass is 32.3. The SMILES string of the molecule is CCCC.CCCCCC.CCCCCCCC.CCCCO.O=S(=O)([N-]S(=O)(=O)C(F)(F)F)C(F)(F)F.O=S(=O)([N-]S(=O)(=O)C(F)(F)F)C(F)(F)F.O=S(=O)([N-]S(=O)(=O)C(F)(F)F)C(F)(F)F.O=S(=O)([N-]S(=O)(=O)C(F)(F)F)C(F)(F)F. The van der Waals surface area contributed by atoms with Crippen molar-refractivity contribution in [2.24, 2.45) is 0 Å². The van der Waals surface area contributed by atoms with Gasteiger partial charge in [-0.05, 0) is 6.42 Å². The fourth-order valence-electron chi connectivity index (χ4n) is 2.37. The van der Waals surface area contributed by atoms with E-state index in [9.17, 15) is 173 Å². The van der Waals surface area contributed by atoms with E-state index in [1.807, 2.05) is 0 Å². The summed E-state index contributed by atoms with van der Waals surface area (Å²) in [6.45, 7) is 15.7. The van der Waals surface area contributed by atoms with Crippen LogP contribution in [0.15, 0.2) is 0 Å². The van der Waals surface area contributed by atoms with E-state index in [0.717, 1.165) is 29.4 Å². The zero-order valence-electron chi connectivity index (χ0n) is 42.7. The Morgan fingerprint density at radius 3 is 0.386 bits per heavy atom. The molecule has 0 aromatic heterocycles. The van der Waals surface area contributed by atoms with E-state index in [2.05, 4.69) is 48.5 Å². The van der Waals surface area contributed by atoms with Crippen LogP contribution >= 0.6 is 0 Å². The third-order valence-corrected chi connectivity index (χ3v) is 17.5. The molecular formula is C30H52F24N4O17S8-4. The Kier molecular flexibility index (Phi) is 45.4. The van der Waals surface area contributed by atoms with Crippen LogP contribution in [0.4, 0.5) is 105 Å². The molecule has 0 aromatic carbocycles. The molecule has 0 unspecified atom stereocenters. The second-order valence-electron chi connectivity index (χ2n) is 13.9. The number of rotatable bonds is 19. The molecule has 0 fully saturated rings. The number of halogens is 24. The average Bonchev–Trinajstić information content (AvgIpc) is 3.21. The van der Waals surface area contributed by atoms with Gasteiger partial charge in [0.2, 0.25) is 0 Å². The van der Waals surface area contributed by atoms with Crippen LogP contribution < -0.4 is 0 Å². The summed E-state index contributed by atoms with van der Waals surface area (Å²) in [7, 11) is -53.8. The predicted octanol–water partition coefficient (Wildman–Crippen LogP) is 12.8. The molecule has 0 spiro atoms. The Morgan fingerprint density at radius 2 is 0.325 bits per heavy atom. The van der Waals surface area contributed by atoms with Gasteiger partial charge in [-0.25, -0.2) is 67.3 Å². The zero-order valence-corrected chi connectivity index (χ0v) is 49.2. The average molecular weight is 1450 g/mol. The summed E-state index contributed by atoms with van der Waals surface area (Å²) >= 11 is 0. The van der Waals surface area contributed by atoms with Gasteiger partial charge in [-0.2, -0.15) is 105 Å². The molecule has 0 aromatic rings. The number of aliphatic hydroxyl groups is 1. The van der Waals surface area contributed by atoms with Crippen molar-refractivity contribution in [1.82, 2.24) is 0 Å². The molecule has 83 heavy (non-hydrogen) atoms. The summed E-state index contributed by atoms with van der Waals surface area (Å²) < 4.78 is 437. The minimum atomic E-state index is -6.72. The minimum Gasteiger partial charge on any atom is -0.421 e. The lowest BCUT2D eigenvalue weighted by molar-refractivity contribution is -0.0456. The van der Waals surface area contributed by atoms with Gasteiger partial charge in [-0.15, -0.1) is 0 Å². The molecule has 0 bridgehead atoms. The molecule has 0 amide bonds. The first-order valence-corrected chi connectivity index (χ1v) is 32.6. The lowest BCUT2D eigenvalue weighted by Gasteiger charge is -2.22. The third-order valence-electron chi connectivity index (χ3n) is 6.55. The summed E-state index contributed by atoms with van der Waals surface area (Å²) in [4.78, 5) is 0. The molecule has 514 valence electrons. The van der Waals surface area contributed by atoms with Crippen molar-refractivity contribution in [3.63, 3.8) is 0 Å². The highest BCUT2D eigenvalue weighted by Gasteiger charge is 2.50. The lowest BCUT2D eigenvalue weighted by atomic mass is 10.1. The van der Waals surface area contributed by atoms with Crippen LogP contribution in [0, 0.1) is 0 Å². The first kappa shape index (κ1) is 97.0. The van der Waals surface area contributed by atoms with Gasteiger partial charge in [0.1, 0.15) is 0 Å².